The molecule has 1 aliphatic carbocycles. The zero-order valence-corrected chi connectivity index (χ0v) is 24.5. The lowest BCUT2D eigenvalue weighted by atomic mass is 9.75. The van der Waals surface area contributed by atoms with Gasteiger partial charge in [-0.3, -0.25) is 19.2 Å². The van der Waals surface area contributed by atoms with Crippen LogP contribution in [0.5, 0.6) is 0 Å². The summed E-state index contributed by atoms with van der Waals surface area (Å²) in [5.41, 5.74) is 3.01. The maximum Gasteiger partial charge on any atom is 0.334 e. The standard InChI is InChI=1S/C29H40O12/c1-14(21-12-22-16(3)28(34)40-23(22)11-15(21)2)9-8-10-35-29-27(39-20(7)33)26(38-19(6)32)25(37-18(5)31)24(41-29)13-36-17(4)30/h14,22-27,29H,3,8-13H2,1-2,4-7H3/t14-,22+,23+,24+,25+,26-,27+,29+/m0/s1. The van der Waals surface area contributed by atoms with Crippen LogP contribution in [0.3, 0.4) is 0 Å². The minimum absolute atomic E-state index is 0.00226. The van der Waals surface area contributed by atoms with Gasteiger partial charge in [-0.1, -0.05) is 24.6 Å². The number of fused-ring (bicyclic) bond motifs is 1. The molecule has 2 fully saturated rings. The Balaban J connectivity index is 1.69. The molecule has 228 valence electrons. The highest BCUT2D eigenvalue weighted by molar-refractivity contribution is 5.91. The van der Waals surface area contributed by atoms with Crippen molar-refractivity contribution in [1.82, 2.24) is 0 Å². The van der Waals surface area contributed by atoms with Gasteiger partial charge in [-0.05, 0) is 32.1 Å². The molecule has 0 spiro atoms. The highest BCUT2D eigenvalue weighted by Gasteiger charge is 2.52. The Hall–Kier alpha value is -3.25. The number of hydrogen-bond donors (Lipinski definition) is 0. The Morgan fingerprint density at radius 1 is 0.927 bits per heavy atom. The SMILES string of the molecule is C=C1C(=O)O[C@@H]2CC(C)=C([C@@H](C)CCCO[C@@H]3O[C@H](COC(C)=O)[C@@H](OC(C)=O)[C@H](OC(C)=O)[C@H]3OC(C)=O)C[C@H]12. The van der Waals surface area contributed by atoms with E-state index in [0.29, 0.717) is 18.4 Å². The molecule has 41 heavy (non-hydrogen) atoms. The van der Waals surface area contributed by atoms with Crippen molar-refractivity contribution in [1.29, 1.82) is 0 Å². The first-order valence-corrected chi connectivity index (χ1v) is 13.8. The molecular weight excluding hydrogens is 540 g/mol. The molecule has 8 atom stereocenters. The summed E-state index contributed by atoms with van der Waals surface area (Å²) in [6.07, 6.45) is -3.38. The van der Waals surface area contributed by atoms with Crippen LogP contribution in [0.2, 0.25) is 0 Å². The smallest absolute Gasteiger partial charge is 0.334 e. The van der Waals surface area contributed by atoms with E-state index in [1.807, 2.05) is 0 Å². The van der Waals surface area contributed by atoms with E-state index in [-0.39, 0.29) is 37.1 Å². The first kappa shape index (κ1) is 32.3. The summed E-state index contributed by atoms with van der Waals surface area (Å²) < 4.78 is 38.7. The van der Waals surface area contributed by atoms with Crippen LogP contribution in [0.15, 0.2) is 23.3 Å². The van der Waals surface area contributed by atoms with E-state index < -0.39 is 54.6 Å². The van der Waals surface area contributed by atoms with Gasteiger partial charge < -0.3 is 33.2 Å². The maximum atomic E-state index is 12.0. The average molecular weight is 581 g/mol. The molecule has 0 aromatic heterocycles. The van der Waals surface area contributed by atoms with Crippen molar-refractivity contribution in [2.75, 3.05) is 13.2 Å². The lowest BCUT2D eigenvalue weighted by Crippen LogP contribution is -2.63. The third kappa shape index (κ3) is 8.38. The molecule has 0 unspecified atom stereocenters. The van der Waals surface area contributed by atoms with Crippen LogP contribution in [0, 0.1) is 11.8 Å². The Morgan fingerprint density at radius 3 is 2.15 bits per heavy atom. The van der Waals surface area contributed by atoms with Crippen LogP contribution in [-0.4, -0.2) is 79.9 Å². The summed E-state index contributed by atoms with van der Waals surface area (Å²) in [4.78, 5) is 59.2. The van der Waals surface area contributed by atoms with Gasteiger partial charge in [0.1, 0.15) is 18.8 Å². The van der Waals surface area contributed by atoms with Gasteiger partial charge in [0.25, 0.3) is 0 Å². The molecule has 12 heteroatoms. The number of carbonyl (C=O) groups excluding carboxylic acids is 5. The van der Waals surface area contributed by atoms with Crippen LogP contribution < -0.4 is 0 Å². The normalized spacial score (nSPS) is 30.1. The predicted molar refractivity (Wildman–Crippen MR) is 141 cm³/mol. The van der Waals surface area contributed by atoms with Crippen molar-refractivity contribution in [3.8, 4) is 0 Å². The number of rotatable bonds is 11. The molecule has 0 N–H and O–H groups in total. The fourth-order valence-electron chi connectivity index (χ4n) is 5.66. The second-order valence-corrected chi connectivity index (χ2v) is 10.8. The maximum absolute atomic E-state index is 12.0. The van der Waals surface area contributed by atoms with Gasteiger partial charge in [-0.25, -0.2) is 4.79 Å². The first-order valence-electron chi connectivity index (χ1n) is 13.8. The minimum atomic E-state index is -1.27. The summed E-state index contributed by atoms with van der Waals surface area (Å²) >= 11 is 0. The van der Waals surface area contributed by atoms with E-state index in [1.54, 1.807) is 0 Å². The topological polar surface area (TPSA) is 150 Å². The number of hydrogen-bond acceptors (Lipinski definition) is 12. The third-order valence-electron chi connectivity index (χ3n) is 7.52. The Labute approximate surface area is 239 Å². The van der Waals surface area contributed by atoms with Crippen LogP contribution in [0.4, 0.5) is 0 Å². The van der Waals surface area contributed by atoms with Crippen molar-refractivity contribution in [3.63, 3.8) is 0 Å². The number of carbonyl (C=O) groups is 5. The monoisotopic (exact) mass is 580 g/mol. The highest BCUT2D eigenvalue weighted by atomic mass is 16.7. The number of esters is 5. The summed E-state index contributed by atoms with van der Waals surface area (Å²) in [6.45, 7) is 12.7. The fourth-order valence-corrected chi connectivity index (χ4v) is 5.66. The van der Waals surface area contributed by atoms with Gasteiger partial charge in [-0.15, -0.1) is 0 Å². The molecule has 0 aromatic rings. The second kappa shape index (κ2) is 14.1. The molecule has 0 bridgehead atoms. The number of ether oxygens (including phenoxy) is 7. The Bertz CT molecular complexity index is 1080. The quantitative estimate of drug-likeness (QED) is 0.116. The van der Waals surface area contributed by atoms with Crippen molar-refractivity contribution < 1.29 is 57.1 Å². The number of allylic oxidation sites excluding steroid dienone is 1. The summed E-state index contributed by atoms with van der Waals surface area (Å²) in [5.74, 6) is -2.80. The molecule has 3 rings (SSSR count). The molecule has 2 aliphatic heterocycles. The van der Waals surface area contributed by atoms with E-state index in [4.69, 9.17) is 33.2 Å². The van der Waals surface area contributed by atoms with Gasteiger partial charge in [0.05, 0.1) is 0 Å². The Kier molecular flexibility index (Phi) is 11.1. The third-order valence-corrected chi connectivity index (χ3v) is 7.52. The molecule has 0 radical (unpaired) electrons. The summed E-state index contributed by atoms with van der Waals surface area (Å²) in [6, 6.07) is 0. The molecule has 2 heterocycles. The van der Waals surface area contributed by atoms with Crippen molar-refractivity contribution in [2.24, 2.45) is 11.8 Å². The zero-order valence-electron chi connectivity index (χ0n) is 24.5. The van der Waals surface area contributed by atoms with Crippen molar-refractivity contribution >= 4 is 29.8 Å². The lowest BCUT2D eigenvalue weighted by Gasteiger charge is -2.44. The van der Waals surface area contributed by atoms with Gasteiger partial charge in [0.2, 0.25) is 0 Å². The van der Waals surface area contributed by atoms with Crippen LogP contribution in [-0.2, 0) is 57.1 Å². The van der Waals surface area contributed by atoms with E-state index >= 15 is 0 Å². The van der Waals surface area contributed by atoms with E-state index in [9.17, 15) is 24.0 Å². The largest absolute Gasteiger partial charge is 0.463 e. The van der Waals surface area contributed by atoms with Crippen LogP contribution in [0.1, 0.15) is 67.2 Å². The predicted octanol–water partition coefficient (Wildman–Crippen LogP) is 2.71. The highest BCUT2D eigenvalue weighted by Crippen LogP contribution is 2.43. The summed E-state index contributed by atoms with van der Waals surface area (Å²) in [7, 11) is 0. The van der Waals surface area contributed by atoms with E-state index in [2.05, 4.69) is 20.4 Å². The Morgan fingerprint density at radius 2 is 1.54 bits per heavy atom. The fraction of sp³-hybridized carbons (Fsp3) is 0.690. The van der Waals surface area contributed by atoms with Crippen LogP contribution >= 0.6 is 0 Å². The molecular formula is C29H40O12. The average Bonchev–Trinajstić information content (AvgIpc) is 3.14. The molecule has 12 nitrogen and oxygen atoms in total. The molecule has 0 saturated carbocycles. The van der Waals surface area contributed by atoms with Crippen molar-refractivity contribution in [2.45, 2.75) is 104 Å². The van der Waals surface area contributed by atoms with Gasteiger partial charge >= 0.3 is 29.8 Å². The van der Waals surface area contributed by atoms with Gasteiger partial charge in [0, 0.05) is 52.2 Å². The lowest BCUT2D eigenvalue weighted by molar-refractivity contribution is -0.308. The van der Waals surface area contributed by atoms with E-state index in [0.717, 1.165) is 26.7 Å². The first-order chi connectivity index (χ1) is 19.3. The van der Waals surface area contributed by atoms with Gasteiger partial charge in [0.15, 0.2) is 24.6 Å². The molecule has 3 aliphatic rings. The second-order valence-electron chi connectivity index (χ2n) is 10.8. The molecule has 0 amide bonds. The van der Waals surface area contributed by atoms with Crippen LogP contribution in [0.25, 0.3) is 0 Å². The van der Waals surface area contributed by atoms with E-state index in [1.165, 1.54) is 25.0 Å². The molecule has 2 saturated heterocycles. The summed E-state index contributed by atoms with van der Waals surface area (Å²) in [5, 5.41) is 0. The van der Waals surface area contributed by atoms with Crippen molar-refractivity contribution in [3.05, 3.63) is 23.3 Å². The zero-order chi connectivity index (χ0) is 30.4. The van der Waals surface area contributed by atoms with Gasteiger partial charge in [-0.2, -0.15) is 0 Å². The minimum Gasteiger partial charge on any atom is -0.463 e. The molecule has 0 aromatic carbocycles.